The SMILES string of the molecule is CC12CC(C3C(=O)N(c4ccc([N+](=O)[O-])c5ccccc45)C(=O)N31)N(C(N)=O)C2(F)c1ccccc1. The van der Waals surface area contributed by atoms with Gasteiger partial charge in [-0.1, -0.05) is 48.5 Å². The summed E-state index contributed by atoms with van der Waals surface area (Å²) in [5.41, 5.74) is 4.18. The number of rotatable bonds is 3. The van der Waals surface area contributed by atoms with Crippen molar-refractivity contribution in [3.63, 3.8) is 0 Å². The molecule has 2 bridgehead atoms. The largest absolute Gasteiger partial charge is 0.351 e. The van der Waals surface area contributed by atoms with Gasteiger partial charge in [-0.25, -0.2) is 18.9 Å². The Bertz CT molecular complexity index is 1500. The van der Waals surface area contributed by atoms with Crippen molar-refractivity contribution in [3.05, 3.63) is 82.4 Å². The van der Waals surface area contributed by atoms with Gasteiger partial charge in [0.1, 0.15) is 11.6 Å². The first kappa shape index (κ1) is 22.0. The number of nitrogens with two attached hydrogens (primary N) is 1. The number of nitro groups is 1. The molecule has 3 fully saturated rings. The van der Waals surface area contributed by atoms with E-state index < -0.39 is 46.3 Å². The summed E-state index contributed by atoms with van der Waals surface area (Å²) in [5.74, 6) is -3.11. The molecular formula is C25H20FN5O5. The molecule has 0 saturated carbocycles. The van der Waals surface area contributed by atoms with E-state index in [1.54, 1.807) is 36.4 Å². The maximum Gasteiger partial charge on any atom is 0.332 e. The molecule has 4 unspecified atom stereocenters. The Morgan fingerprint density at radius 2 is 1.69 bits per heavy atom. The maximum absolute atomic E-state index is 17.1. The minimum Gasteiger partial charge on any atom is -0.351 e. The lowest BCUT2D eigenvalue weighted by Crippen LogP contribution is -2.69. The molecule has 0 radical (unpaired) electrons. The van der Waals surface area contributed by atoms with Crippen LogP contribution in [-0.4, -0.2) is 50.3 Å². The van der Waals surface area contributed by atoms with Crippen molar-refractivity contribution in [2.45, 2.75) is 36.8 Å². The number of amides is 5. The minimum atomic E-state index is -2.47. The molecule has 3 aliphatic rings. The van der Waals surface area contributed by atoms with Gasteiger partial charge in [0.05, 0.1) is 22.0 Å². The highest BCUT2D eigenvalue weighted by molar-refractivity contribution is 6.25. The Balaban J connectivity index is 1.52. The van der Waals surface area contributed by atoms with E-state index in [4.69, 9.17) is 5.73 Å². The third-order valence-electron chi connectivity index (χ3n) is 7.74. The van der Waals surface area contributed by atoms with Crippen molar-refractivity contribution >= 4 is 40.1 Å². The number of hydrogen-bond acceptors (Lipinski definition) is 5. The van der Waals surface area contributed by atoms with Crippen LogP contribution in [0.25, 0.3) is 10.8 Å². The Hall–Kier alpha value is -4.54. The molecule has 182 valence electrons. The van der Waals surface area contributed by atoms with Crippen LogP contribution in [0.1, 0.15) is 18.9 Å². The van der Waals surface area contributed by atoms with E-state index in [1.165, 1.54) is 42.2 Å². The van der Waals surface area contributed by atoms with Crippen LogP contribution in [0.5, 0.6) is 0 Å². The average molecular weight is 489 g/mol. The molecule has 0 spiro atoms. The molecule has 3 aliphatic heterocycles. The fourth-order valence-electron chi connectivity index (χ4n) is 6.32. The number of carbonyl (C=O) groups excluding carboxylic acids is 3. The number of likely N-dealkylation sites (tertiary alicyclic amines) is 1. The van der Waals surface area contributed by atoms with Gasteiger partial charge >= 0.3 is 12.1 Å². The van der Waals surface area contributed by atoms with Gasteiger partial charge in [-0.15, -0.1) is 0 Å². The number of piperazine rings is 1. The topological polar surface area (TPSA) is 130 Å². The van der Waals surface area contributed by atoms with E-state index in [-0.39, 0.29) is 28.7 Å². The molecule has 5 amide bonds. The Morgan fingerprint density at radius 3 is 2.33 bits per heavy atom. The molecule has 3 saturated heterocycles. The number of carbonyl (C=O) groups is 3. The van der Waals surface area contributed by atoms with Crippen molar-refractivity contribution in [1.29, 1.82) is 0 Å². The minimum absolute atomic E-state index is 0.0261. The van der Waals surface area contributed by atoms with E-state index in [0.29, 0.717) is 5.39 Å². The van der Waals surface area contributed by atoms with E-state index in [1.807, 2.05) is 0 Å². The fourth-order valence-corrected chi connectivity index (χ4v) is 6.32. The summed E-state index contributed by atoms with van der Waals surface area (Å²) in [5, 5.41) is 12.1. The summed E-state index contributed by atoms with van der Waals surface area (Å²) in [6, 6.07) is 13.0. The monoisotopic (exact) mass is 489 g/mol. The fraction of sp³-hybridized carbons (Fsp3) is 0.240. The van der Waals surface area contributed by atoms with Gasteiger partial charge in [0, 0.05) is 17.0 Å². The summed E-state index contributed by atoms with van der Waals surface area (Å²) in [4.78, 5) is 54.1. The predicted octanol–water partition coefficient (Wildman–Crippen LogP) is 3.63. The average Bonchev–Trinajstić information content (AvgIpc) is 3.40. The summed E-state index contributed by atoms with van der Waals surface area (Å²) in [6.45, 7) is 1.51. The molecule has 2 N–H and O–H groups in total. The van der Waals surface area contributed by atoms with Crippen molar-refractivity contribution in [2.75, 3.05) is 4.90 Å². The number of urea groups is 2. The Labute approximate surface area is 203 Å². The van der Waals surface area contributed by atoms with Gasteiger partial charge in [0.15, 0.2) is 0 Å². The van der Waals surface area contributed by atoms with Crippen molar-refractivity contribution in [1.82, 2.24) is 9.80 Å². The lowest BCUT2D eigenvalue weighted by atomic mass is 9.84. The standard InChI is InChI=1S/C25H20FN5O5/c1-24-13-19(29(22(27)33)25(24,26)14-7-3-2-4-8-14)20-21(32)28(23(34)30(20)24)17-11-12-18(31(35)36)16-10-6-5-9-15(16)17/h2-12,19-20H,13H2,1H3,(H2,27,33). The second kappa shape index (κ2) is 7.00. The molecule has 10 nitrogen and oxygen atoms in total. The highest BCUT2D eigenvalue weighted by Crippen LogP contribution is 2.61. The van der Waals surface area contributed by atoms with E-state index >= 15 is 4.39 Å². The molecule has 3 heterocycles. The first-order chi connectivity index (χ1) is 17.1. The number of halogens is 1. The number of anilines is 1. The van der Waals surface area contributed by atoms with Gasteiger partial charge in [-0.2, -0.15) is 0 Å². The van der Waals surface area contributed by atoms with Crippen LogP contribution in [0, 0.1) is 10.1 Å². The number of nitrogens with zero attached hydrogens (tertiary/aromatic N) is 4. The number of hydrogen-bond donors (Lipinski definition) is 1. The van der Waals surface area contributed by atoms with Gasteiger partial charge in [-0.05, 0) is 25.5 Å². The smallest absolute Gasteiger partial charge is 0.332 e. The van der Waals surface area contributed by atoms with Crippen LogP contribution < -0.4 is 10.6 Å². The molecule has 11 heteroatoms. The second-order valence-electron chi connectivity index (χ2n) is 9.42. The second-order valence-corrected chi connectivity index (χ2v) is 9.42. The van der Waals surface area contributed by atoms with Crippen LogP contribution in [-0.2, 0) is 10.6 Å². The number of nitro benzene ring substituents is 1. The van der Waals surface area contributed by atoms with Crippen LogP contribution in [0.15, 0.2) is 66.7 Å². The lowest BCUT2D eigenvalue weighted by Gasteiger charge is -2.50. The number of alkyl halides is 1. The Morgan fingerprint density at radius 1 is 1.06 bits per heavy atom. The molecule has 0 aromatic heterocycles. The highest BCUT2D eigenvalue weighted by Gasteiger charge is 2.79. The highest BCUT2D eigenvalue weighted by atomic mass is 19.1. The maximum atomic E-state index is 17.1. The quantitative estimate of drug-likeness (QED) is 0.260. The number of imide groups is 1. The first-order valence-corrected chi connectivity index (χ1v) is 11.3. The number of benzene rings is 3. The predicted molar refractivity (Wildman–Crippen MR) is 127 cm³/mol. The van der Waals surface area contributed by atoms with Gasteiger partial charge in [-0.3, -0.25) is 24.7 Å². The molecule has 4 atom stereocenters. The molecule has 36 heavy (non-hydrogen) atoms. The molecule has 6 rings (SSSR count). The third-order valence-corrected chi connectivity index (χ3v) is 7.74. The normalized spacial score (nSPS) is 28.8. The van der Waals surface area contributed by atoms with E-state index in [9.17, 15) is 24.5 Å². The van der Waals surface area contributed by atoms with Crippen molar-refractivity contribution in [2.24, 2.45) is 5.73 Å². The van der Waals surface area contributed by atoms with Crippen molar-refractivity contribution in [3.8, 4) is 0 Å². The number of non-ortho nitro benzene ring substituents is 1. The molecule has 3 aromatic carbocycles. The summed E-state index contributed by atoms with van der Waals surface area (Å²) >= 11 is 0. The Kier molecular flexibility index (Phi) is 4.27. The first-order valence-electron chi connectivity index (χ1n) is 11.3. The molecule has 3 aromatic rings. The van der Waals surface area contributed by atoms with Crippen LogP contribution >= 0.6 is 0 Å². The zero-order chi connectivity index (χ0) is 25.6. The summed E-state index contributed by atoms with van der Waals surface area (Å²) < 4.78 is 17.1. The zero-order valence-electron chi connectivity index (χ0n) is 19.0. The zero-order valence-corrected chi connectivity index (χ0v) is 19.0. The number of primary amides is 1. The van der Waals surface area contributed by atoms with Gasteiger partial charge in [0.2, 0.25) is 5.79 Å². The van der Waals surface area contributed by atoms with E-state index in [0.717, 1.165) is 9.80 Å². The lowest BCUT2D eigenvalue weighted by molar-refractivity contribution is -0.383. The van der Waals surface area contributed by atoms with Crippen molar-refractivity contribution < 1.29 is 23.7 Å². The molecular weight excluding hydrogens is 469 g/mol. The van der Waals surface area contributed by atoms with Gasteiger partial charge in [0.25, 0.3) is 11.6 Å². The summed E-state index contributed by atoms with van der Waals surface area (Å²) in [6.07, 6.45) is 0.0261. The third kappa shape index (κ3) is 2.41. The summed E-state index contributed by atoms with van der Waals surface area (Å²) in [7, 11) is 0. The number of fused-ring (bicyclic) bond motifs is 6. The van der Waals surface area contributed by atoms with Gasteiger partial charge < -0.3 is 5.73 Å². The van der Waals surface area contributed by atoms with E-state index in [2.05, 4.69) is 0 Å². The van der Waals surface area contributed by atoms with Crippen LogP contribution in [0.3, 0.4) is 0 Å². The van der Waals surface area contributed by atoms with Crippen LogP contribution in [0.4, 0.5) is 25.4 Å². The van der Waals surface area contributed by atoms with Crippen LogP contribution in [0.2, 0.25) is 0 Å². The molecule has 0 aliphatic carbocycles.